The number of amides is 2. The highest BCUT2D eigenvalue weighted by Crippen LogP contribution is 2.31. The molecule has 0 spiro atoms. The average molecular weight is 389 g/mol. The quantitative estimate of drug-likeness (QED) is 0.770. The number of nitrogens with zero attached hydrogens (tertiary/aromatic N) is 1. The summed E-state index contributed by atoms with van der Waals surface area (Å²) < 4.78 is 0.875. The largest absolute Gasteiger partial charge is 0.355 e. The van der Waals surface area contributed by atoms with Crippen LogP contribution < -0.4 is 15.5 Å². The van der Waals surface area contributed by atoms with Crippen LogP contribution in [0.1, 0.15) is 6.42 Å². The van der Waals surface area contributed by atoms with E-state index in [9.17, 15) is 9.59 Å². The van der Waals surface area contributed by atoms with Crippen molar-refractivity contribution in [1.29, 1.82) is 0 Å². The number of hydrogen-bond acceptors (Lipinski definition) is 3. The number of nitrogens with one attached hydrogen (secondary N) is 2. The lowest BCUT2D eigenvalue weighted by Gasteiger charge is -2.27. The van der Waals surface area contributed by atoms with E-state index in [-0.39, 0.29) is 24.2 Å². The molecule has 0 aliphatic carbocycles. The Morgan fingerprint density at radius 1 is 1.36 bits per heavy atom. The van der Waals surface area contributed by atoms with Crippen molar-refractivity contribution in [3.63, 3.8) is 0 Å². The zero-order valence-corrected chi connectivity index (χ0v) is 14.5. The molecule has 3 rings (SSSR count). The number of carbonyl (C=O) groups is 2. The molecule has 5 nitrogen and oxygen atoms in total. The summed E-state index contributed by atoms with van der Waals surface area (Å²) in [4.78, 5) is 26.3. The molecule has 22 heavy (non-hydrogen) atoms. The SMILES string of the molecule is Cl.O=C(NCC1CNC1)C1CCN(c2ccccc2Br)C1=O. The maximum atomic E-state index is 12.5. The molecule has 0 bridgehead atoms. The van der Waals surface area contributed by atoms with Crippen LogP contribution in [0.2, 0.25) is 0 Å². The van der Waals surface area contributed by atoms with Gasteiger partial charge in [-0.1, -0.05) is 12.1 Å². The van der Waals surface area contributed by atoms with E-state index in [1.807, 2.05) is 24.3 Å². The molecule has 0 saturated carbocycles. The molecular formula is C15H19BrClN3O2. The van der Waals surface area contributed by atoms with Crippen molar-refractivity contribution in [2.75, 3.05) is 31.1 Å². The van der Waals surface area contributed by atoms with E-state index in [4.69, 9.17) is 0 Å². The molecule has 1 aromatic rings. The Hall–Kier alpha value is -1.11. The van der Waals surface area contributed by atoms with Gasteiger partial charge in [0.05, 0.1) is 5.69 Å². The molecule has 2 N–H and O–H groups in total. The normalized spacial score (nSPS) is 21.2. The van der Waals surface area contributed by atoms with Gasteiger partial charge in [-0.2, -0.15) is 0 Å². The Bertz CT molecular complexity index is 565. The predicted molar refractivity (Wildman–Crippen MR) is 91.2 cm³/mol. The van der Waals surface area contributed by atoms with E-state index < -0.39 is 5.92 Å². The molecule has 7 heteroatoms. The van der Waals surface area contributed by atoms with E-state index >= 15 is 0 Å². The third kappa shape index (κ3) is 3.45. The number of hydrogen-bond donors (Lipinski definition) is 2. The van der Waals surface area contributed by atoms with Crippen LogP contribution in [0, 0.1) is 11.8 Å². The van der Waals surface area contributed by atoms with Crippen molar-refractivity contribution in [3.8, 4) is 0 Å². The Morgan fingerprint density at radius 2 is 2.09 bits per heavy atom. The molecule has 1 atom stereocenters. The van der Waals surface area contributed by atoms with Crippen LogP contribution in [0.15, 0.2) is 28.7 Å². The van der Waals surface area contributed by atoms with Gasteiger partial charge in [0.25, 0.3) is 0 Å². The van der Waals surface area contributed by atoms with Gasteiger partial charge in [-0.25, -0.2) is 0 Å². The molecule has 0 aromatic heterocycles. The van der Waals surface area contributed by atoms with Crippen LogP contribution in [0.4, 0.5) is 5.69 Å². The van der Waals surface area contributed by atoms with Crippen LogP contribution in [0.25, 0.3) is 0 Å². The lowest BCUT2D eigenvalue weighted by atomic mass is 10.0. The molecule has 2 heterocycles. The van der Waals surface area contributed by atoms with Gasteiger partial charge in [0.1, 0.15) is 5.92 Å². The molecule has 1 aromatic carbocycles. The Kier molecular flexibility index (Phi) is 5.83. The second-order valence-corrected chi connectivity index (χ2v) is 6.41. The van der Waals surface area contributed by atoms with Crippen molar-refractivity contribution in [3.05, 3.63) is 28.7 Å². The molecule has 2 aliphatic rings. The summed E-state index contributed by atoms with van der Waals surface area (Å²) in [5, 5.41) is 6.07. The lowest BCUT2D eigenvalue weighted by molar-refractivity contribution is -0.132. The van der Waals surface area contributed by atoms with Gasteiger partial charge < -0.3 is 15.5 Å². The summed E-state index contributed by atoms with van der Waals surface area (Å²) >= 11 is 3.46. The Morgan fingerprint density at radius 3 is 2.73 bits per heavy atom. The van der Waals surface area contributed by atoms with E-state index in [2.05, 4.69) is 26.6 Å². The summed E-state index contributed by atoms with van der Waals surface area (Å²) in [5.41, 5.74) is 0.834. The van der Waals surface area contributed by atoms with Crippen LogP contribution in [0.5, 0.6) is 0 Å². The number of carbonyl (C=O) groups excluding carboxylic acids is 2. The fourth-order valence-corrected chi connectivity index (χ4v) is 3.19. The molecule has 0 radical (unpaired) electrons. The summed E-state index contributed by atoms with van der Waals surface area (Å²) in [6.07, 6.45) is 0.578. The minimum Gasteiger partial charge on any atom is -0.355 e. The first-order valence-electron chi connectivity index (χ1n) is 7.21. The first-order chi connectivity index (χ1) is 10.2. The lowest BCUT2D eigenvalue weighted by Crippen LogP contribution is -2.49. The molecular weight excluding hydrogens is 370 g/mol. The van der Waals surface area contributed by atoms with Crippen LogP contribution in [-0.4, -0.2) is 38.0 Å². The Labute approximate surface area is 144 Å². The standard InChI is InChI=1S/C15H18BrN3O2.ClH/c16-12-3-1-2-4-13(12)19-6-5-11(15(19)21)14(20)18-9-10-7-17-8-10;/h1-4,10-11,17H,5-9H2,(H,18,20);1H. The number of para-hydroxylation sites is 1. The summed E-state index contributed by atoms with van der Waals surface area (Å²) in [6, 6.07) is 7.59. The average Bonchev–Trinajstić information content (AvgIpc) is 2.79. The van der Waals surface area contributed by atoms with Crippen LogP contribution >= 0.6 is 28.3 Å². The van der Waals surface area contributed by atoms with E-state index in [1.165, 1.54) is 0 Å². The number of rotatable bonds is 4. The third-order valence-corrected chi connectivity index (χ3v) is 4.77. The highest BCUT2D eigenvalue weighted by atomic mass is 79.9. The zero-order chi connectivity index (χ0) is 14.8. The van der Waals surface area contributed by atoms with Crippen LogP contribution in [-0.2, 0) is 9.59 Å². The highest BCUT2D eigenvalue weighted by Gasteiger charge is 2.38. The molecule has 1 unspecified atom stereocenters. The fraction of sp³-hybridized carbons (Fsp3) is 0.467. The van der Waals surface area contributed by atoms with Crippen molar-refractivity contribution in [1.82, 2.24) is 10.6 Å². The smallest absolute Gasteiger partial charge is 0.239 e. The van der Waals surface area contributed by atoms with Crippen molar-refractivity contribution < 1.29 is 9.59 Å². The summed E-state index contributed by atoms with van der Waals surface area (Å²) in [6.45, 7) is 3.14. The van der Waals surface area contributed by atoms with E-state index in [1.54, 1.807) is 4.90 Å². The number of anilines is 1. The number of halogens is 2. The van der Waals surface area contributed by atoms with Crippen molar-refractivity contribution in [2.24, 2.45) is 11.8 Å². The second-order valence-electron chi connectivity index (χ2n) is 5.55. The van der Waals surface area contributed by atoms with Gasteiger partial charge in [0, 0.05) is 36.6 Å². The monoisotopic (exact) mass is 387 g/mol. The first-order valence-corrected chi connectivity index (χ1v) is 8.00. The molecule has 2 amide bonds. The highest BCUT2D eigenvalue weighted by molar-refractivity contribution is 9.10. The van der Waals surface area contributed by atoms with Gasteiger partial charge in [0.15, 0.2) is 0 Å². The van der Waals surface area contributed by atoms with Crippen molar-refractivity contribution in [2.45, 2.75) is 6.42 Å². The second kappa shape index (κ2) is 7.44. The maximum absolute atomic E-state index is 12.5. The number of benzene rings is 1. The van der Waals surface area contributed by atoms with Crippen molar-refractivity contribution >= 4 is 45.8 Å². The summed E-state index contributed by atoms with van der Waals surface area (Å²) in [7, 11) is 0. The molecule has 2 fully saturated rings. The predicted octanol–water partition coefficient (Wildman–Crippen LogP) is 1.56. The minimum absolute atomic E-state index is 0. The van der Waals surface area contributed by atoms with E-state index in [0.29, 0.717) is 25.4 Å². The first kappa shape index (κ1) is 17.2. The summed E-state index contributed by atoms with van der Waals surface area (Å²) in [5.74, 6) is -0.289. The molecule has 120 valence electrons. The van der Waals surface area contributed by atoms with Gasteiger partial charge >= 0.3 is 0 Å². The Balaban J connectivity index is 0.00000176. The topological polar surface area (TPSA) is 61.4 Å². The fourth-order valence-electron chi connectivity index (χ4n) is 2.69. The van der Waals surface area contributed by atoms with Gasteiger partial charge in [0.2, 0.25) is 11.8 Å². The minimum atomic E-state index is -0.551. The molecule has 2 saturated heterocycles. The maximum Gasteiger partial charge on any atom is 0.239 e. The van der Waals surface area contributed by atoms with Gasteiger partial charge in [-0.05, 0) is 34.5 Å². The van der Waals surface area contributed by atoms with Gasteiger partial charge in [-0.3, -0.25) is 9.59 Å². The zero-order valence-electron chi connectivity index (χ0n) is 12.0. The van der Waals surface area contributed by atoms with E-state index in [0.717, 1.165) is 23.2 Å². The molecule has 2 aliphatic heterocycles. The van der Waals surface area contributed by atoms with Crippen LogP contribution in [0.3, 0.4) is 0 Å². The van der Waals surface area contributed by atoms with Gasteiger partial charge in [-0.15, -0.1) is 12.4 Å². The third-order valence-electron chi connectivity index (χ3n) is 4.10.